The van der Waals surface area contributed by atoms with E-state index in [-0.39, 0.29) is 6.17 Å². The van der Waals surface area contributed by atoms with Crippen LogP contribution >= 0.6 is 15.9 Å². The van der Waals surface area contributed by atoms with E-state index < -0.39 is 0 Å². The molecule has 1 aliphatic rings. The highest BCUT2D eigenvalue weighted by Crippen LogP contribution is 2.22. The van der Waals surface area contributed by atoms with Gasteiger partial charge in [0.25, 0.3) is 0 Å². The van der Waals surface area contributed by atoms with Gasteiger partial charge in [-0.15, -0.1) is 0 Å². The normalized spacial score (nSPS) is 18.7. The second kappa shape index (κ2) is 4.86. The van der Waals surface area contributed by atoms with Gasteiger partial charge in [0.15, 0.2) is 0 Å². The zero-order valence-corrected chi connectivity index (χ0v) is 11.7. The predicted octanol–water partition coefficient (Wildman–Crippen LogP) is 3.03. The minimum atomic E-state index is 0.111. The fraction of sp³-hybridized carbons (Fsp3) is 0.357. The summed E-state index contributed by atoms with van der Waals surface area (Å²) in [6, 6.07) is 8.39. The molecule has 0 saturated carbocycles. The Labute approximate surface area is 115 Å². The van der Waals surface area contributed by atoms with Crippen LogP contribution in [-0.2, 0) is 12.8 Å². The molecule has 0 fully saturated rings. The molecule has 1 aliphatic heterocycles. The average molecular weight is 306 g/mol. The van der Waals surface area contributed by atoms with Gasteiger partial charge in [0, 0.05) is 23.5 Å². The van der Waals surface area contributed by atoms with Gasteiger partial charge < -0.3 is 10.3 Å². The molecule has 0 saturated heterocycles. The highest BCUT2D eigenvalue weighted by Gasteiger charge is 2.18. The summed E-state index contributed by atoms with van der Waals surface area (Å²) in [6.45, 7) is 0. The van der Waals surface area contributed by atoms with Crippen molar-refractivity contribution in [1.82, 2.24) is 9.55 Å². The third-order valence-corrected chi connectivity index (χ3v) is 3.94. The second-order valence-corrected chi connectivity index (χ2v) is 5.73. The summed E-state index contributed by atoms with van der Waals surface area (Å²) in [5, 5.41) is 0. The first-order valence-electron chi connectivity index (χ1n) is 6.29. The monoisotopic (exact) mass is 305 g/mol. The molecule has 3 rings (SSSR count). The smallest absolute Gasteiger partial charge is 0.110 e. The maximum absolute atomic E-state index is 6.09. The lowest BCUT2D eigenvalue weighted by molar-refractivity contribution is 0.408. The first-order chi connectivity index (χ1) is 8.72. The fourth-order valence-electron chi connectivity index (χ4n) is 2.46. The standard InChI is InChI=1S/C14H16BrN3/c15-11-6-4-10(5-7-11)8-12-9-18-13(16)2-1-3-14(18)17-12/h4-7,9,13H,1-3,8,16H2. The number of hydrogen-bond donors (Lipinski definition) is 1. The van der Waals surface area contributed by atoms with Gasteiger partial charge in [-0.25, -0.2) is 4.98 Å². The van der Waals surface area contributed by atoms with E-state index in [0.29, 0.717) is 0 Å². The molecule has 1 aromatic heterocycles. The number of rotatable bonds is 2. The SMILES string of the molecule is NC1CCCc2nc(Cc3ccc(Br)cc3)cn21. The molecule has 94 valence electrons. The fourth-order valence-corrected chi connectivity index (χ4v) is 2.73. The van der Waals surface area contributed by atoms with Crippen molar-refractivity contribution in [2.75, 3.05) is 0 Å². The minimum Gasteiger partial charge on any atom is -0.319 e. The Hall–Kier alpha value is -1.13. The molecule has 0 spiro atoms. The van der Waals surface area contributed by atoms with Gasteiger partial charge in [-0.2, -0.15) is 0 Å². The number of halogens is 1. The van der Waals surface area contributed by atoms with Crippen molar-refractivity contribution >= 4 is 15.9 Å². The van der Waals surface area contributed by atoms with Crippen LogP contribution in [0.25, 0.3) is 0 Å². The predicted molar refractivity (Wildman–Crippen MR) is 75.3 cm³/mol. The van der Waals surface area contributed by atoms with E-state index in [9.17, 15) is 0 Å². The van der Waals surface area contributed by atoms with Crippen LogP contribution in [0.1, 0.15) is 36.1 Å². The second-order valence-electron chi connectivity index (χ2n) is 4.82. The summed E-state index contributed by atoms with van der Waals surface area (Å²) in [7, 11) is 0. The van der Waals surface area contributed by atoms with E-state index in [1.165, 1.54) is 5.56 Å². The molecule has 1 unspecified atom stereocenters. The summed E-state index contributed by atoms with van der Waals surface area (Å²) in [6.07, 6.45) is 6.35. The average Bonchev–Trinajstić information content (AvgIpc) is 2.76. The molecule has 3 nitrogen and oxygen atoms in total. The molecule has 2 N–H and O–H groups in total. The molecular weight excluding hydrogens is 290 g/mol. The third kappa shape index (κ3) is 2.35. The molecule has 2 heterocycles. The highest BCUT2D eigenvalue weighted by molar-refractivity contribution is 9.10. The Morgan fingerprint density at radius 3 is 2.83 bits per heavy atom. The number of fused-ring (bicyclic) bond motifs is 1. The van der Waals surface area contributed by atoms with Gasteiger partial charge in [0.1, 0.15) is 5.82 Å². The largest absolute Gasteiger partial charge is 0.319 e. The quantitative estimate of drug-likeness (QED) is 0.927. The topological polar surface area (TPSA) is 43.8 Å². The zero-order valence-electron chi connectivity index (χ0n) is 10.1. The van der Waals surface area contributed by atoms with Crippen molar-refractivity contribution < 1.29 is 0 Å². The summed E-state index contributed by atoms with van der Waals surface area (Å²) < 4.78 is 3.25. The summed E-state index contributed by atoms with van der Waals surface area (Å²) >= 11 is 3.45. The van der Waals surface area contributed by atoms with Crippen LogP contribution in [0.5, 0.6) is 0 Å². The van der Waals surface area contributed by atoms with Gasteiger partial charge in [0.05, 0.1) is 11.9 Å². The lowest BCUT2D eigenvalue weighted by atomic mass is 10.1. The molecule has 1 aromatic carbocycles. The Morgan fingerprint density at radius 1 is 1.33 bits per heavy atom. The van der Waals surface area contributed by atoms with Gasteiger partial charge in [-0.1, -0.05) is 28.1 Å². The van der Waals surface area contributed by atoms with E-state index >= 15 is 0 Å². The first kappa shape index (κ1) is 11.9. The van der Waals surface area contributed by atoms with E-state index in [0.717, 1.165) is 41.7 Å². The van der Waals surface area contributed by atoms with Crippen LogP contribution in [-0.4, -0.2) is 9.55 Å². The van der Waals surface area contributed by atoms with Crippen molar-refractivity contribution in [2.24, 2.45) is 5.73 Å². The van der Waals surface area contributed by atoms with E-state index in [4.69, 9.17) is 10.7 Å². The van der Waals surface area contributed by atoms with Crippen LogP contribution in [0.3, 0.4) is 0 Å². The summed E-state index contributed by atoms with van der Waals surface area (Å²) in [5.74, 6) is 1.14. The maximum Gasteiger partial charge on any atom is 0.110 e. The number of benzene rings is 1. The summed E-state index contributed by atoms with van der Waals surface area (Å²) in [4.78, 5) is 4.69. The minimum absolute atomic E-state index is 0.111. The molecule has 4 heteroatoms. The lowest BCUT2D eigenvalue weighted by Crippen LogP contribution is -2.24. The Morgan fingerprint density at radius 2 is 2.11 bits per heavy atom. The lowest BCUT2D eigenvalue weighted by Gasteiger charge is -2.20. The van der Waals surface area contributed by atoms with Gasteiger partial charge >= 0.3 is 0 Å². The number of imidazole rings is 1. The third-order valence-electron chi connectivity index (χ3n) is 3.41. The first-order valence-corrected chi connectivity index (χ1v) is 7.08. The van der Waals surface area contributed by atoms with Crippen molar-refractivity contribution in [2.45, 2.75) is 31.8 Å². The number of nitrogens with zero attached hydrogens (tertiary/aromatic N) is 2. The van der Waals surface area contributed by atoms with Gasteiger partial charge in [-0.05, 0) is 30.5 Å². The van der Waals surface area contributed by atoms with Crippen molar-refractivity contribution in [3.05, 3.63) is 52.0 Å². The summed E-state index contributed by atoms with van der Waals surface area (Å²) in [5.41, 5.74) is 8.48. The number of hydrogen-bond acceptors (Lipinski definition) is 2. The molecule has 0 radical (unpaired) electrons. The van der Waals surface area contributed by atoms with Gasteiger partial charge in [0.2, 0.25) is 0 Å². The van der Waals surface area contributed by atoms with Crippen molar-refractivity contribution in [3.8, 4) is 0 Å². The number of aromatic nitrogens is 2. The van der Waals surface area contributed by atoms with Crippen LogP contribution in [0.2, 0.25) is 0 Å². The van der Waals surface area contributed by atoms with Crippen LogP contribution in [0.4, 0.5) is 0 Å². The Kier molecular flexibility index (Phi) is 3.22. The maximum atomic E-state index is 6.09. The molecule has 0 amide bonds. The Bertz CT molecular complexity index is 545. The molecule has 2 aromatic rings. The highest BCUT2D eigenvalue weighted by atomic mass is 79.9. The molecule has 0 aliphatic carbocycles. The number of aryl methyl sites for hydroxylation is 1. The molecule has 18 heavy (non-hydrogen) atoms. The Balaban J connectivity index is 1.83. The molecule has 1 atom stereocenters. The van der Waals surface area contributed by atoms with E-state index in [2.05, 4.69) is 51.0 Å². The molecule has 0 bridgehead atoms. The van der Waals surface area contributed by atoms with Crippen molar-refractivity contribution in [3.63, 3.8) is 0 Å². The van der Waals surface area contributed by atoms with Crippen LogP contribution < -0.4 is 5.73 Å². The van der Waals surface area contributed by atoms with E-state index in [1.54, 1.807) is 0 Å². The zero-order chi connectivity index (χ0) is 12.5. The van der Waals surface area contributed by atoms with Crippen molar-refractivity contribution in [1.29, 1.82) is 0 Å². The molecular formula is C14H16BrN3. The van der Waals surface area contributed by atoms with Crippen LogP contribution in [0.15, 0.2) is 34.9 Å². The van der Waals surface area contributed by atoms with E-state index in [1.807, 2.05) is 0 Å². The van der Waals surface area contributed by atoms with Gasteiger partial charge in [-0.3, -0.25) is 0 Å². The van der Waals surface area contributed by atoms with Crippen LogP contribution in [0, 0.1) is 0 Å². The number of nitrogens with two attached hydrogens (primary N) is 1.